The second kappa shape index (κ2) is 5.83. The van der Waals surface area contributed by atoms with Crippen LogP contribution in [0.5, 0.6) is 0 Å². The van der Waals surface area contributed by atoms with Gasteiger partial charge in [0.25, 0.3) is 0 Å². The third-order valence-corrected chi connectivity index (χ3v) is 5.19. The number of carbonyl (C=O) groups is 1. The topological polar surface area (TPSA) is 71.9 Å². The molecular weight excluding hydrogens is 326 g/mol. The van der Waals surface area contributed by atoms with Crippen LogP contribution < -0.4 is 4.90 Å². The third-order valence-electron chi connectivity index (χ3n) is 5.19. The van der Waals surface area contributed by atoms with Gasteiger partial charge in [-0.3, -0.25) is 14.7 Å². The van der Waals surface area contributed by atoms with E-state index < -0.39 is 5.41 Å². The normalized spacial score (nSPS) is 21.3. The minimum Gasteiger partial charge on any atom is -0.273 e. The van der Waals surface area contributed by atoms with Gasteiger partial charge in [-0.25, -0.2) is 15.0 Å². The molecule has 1 aliphatic heterocycles. The van der Waals surface area contributed by atoms with Gasteiger partial charge in [0.1, 0.15) is 5.82 Å². The molecular formula is C20H21N5O. The van der Waals surface area contributed by atoms with Gasteiger partial charge in [0.2, 0.25) is 5.91 Å². The largest absolute Gasteiger partial charge is 0.273 e. The van der Waals surface area contributed by atoms with Crippen LogP contribution in [0.2, 0.25) is 0 Å². The molecule has 1 amide bonds. The van der Waals surface area contributed by atoms with Crippen LogP contribution in [0.4, 0.5) is 5.82 Å². The summed E-state index contributed by atoms with van der Waals surface area (Å²) in [6, 6.07) is 1.90. The molecule has 3 heterocycles. The first kappa shape index (κ1) is 16.6. The van der Waals surface area contributed by atoms with Crippen molar-refractivity contribution < 1.29 is 4.79 Å². The number of carbonyl (C=O) groups excluding carboxylic acids is 1. The van der Waals surface area contributed by atoms with E-state index in [1.807, 2.05) is 33.8 Å². The standard InChI is InChI=1S/C20H21N5O/c1-12-10-23-18(11-22-12)25-17-9-14(16-7-8-21-13(2)24-16)5-6-15(17)20(3,4)19(25)26/h5,7-11,15H,6H2,1-4H3. The van der Waals surface area contributed by atoms with Crippen LogP contribution in [0.15, 0.2) is 42.5 Å². The smallest absolute Gasteiger partial charge is 0.238 e. The minimum absolute atomic E-state index is 0.0559. The van der Waals surface area contributed by atoms with E-state index in [1.165, 1.54) is 0 Å². The van der Waals surface area contributed by atoms with Crippen LogP contribution in [-0.2, 0) is 4.79 Å². The summed E-state index contributed by atoms with van der Waals surface area (Å²) in [5, 5.41) is 0. The number of aromatic nitrogens is 4. The van der Waals surface area contributed by atoms with E-state index in [9.17, 15) is 4.79 Å². The fraction of sp³-hybridized carbons (Fsp3) is 0.350. The van der Waals surface area contributed by atoms with E-state index in [-0.39, 0.29) is 11.8 Å². The van der Waals surface area contributed by atoms with Crippen molar-refractivity contribution in [2.24, 2.45) is 11.3 Å². The second-order valence-electron chi connectivity index (χ2n) is 7.38. The molecule has 0 aromatic carbocycles. The van der Waals surface area contributed by atoms with Gasteiger partial charge in [-0.1, -0.05) is 19.9 Å². The molecule has 1 fully saturated rings. The van der Waals surface area contributed by atoms with Crippen molar-refractivity contribution in [3.63, 3.8) is 0 Å². The highest BCUT2D eigenvalue weighted by Crippen LogP contribution is 2.49. The molecule has 2 aromatic rings. The van der Waals surface area contributed by atoms with E-state index in [0.29, 0.717) is 5.82 Å². The number of aryl methyl sites for hydroxylation is 2. The third kappa shape index (κ3) is 2.53. The number of nitrogens with zero attached hydrogens (tertiary/aromatic N) is 5. The zero-order valence-corrected chi connectivity index (χ0v) is 15.4. The lowest BCUT2D eigenvalue weighted by molar-refractivity contribution is -0.125. The predicted octanol–water partition coefficient (Wildman–Crippen LogP) is 3.24. The lowest BCUT2D eigenvalue weighted by atomic mass is 9.76. The summed E-state index contributed by atoms with van der Waals surface area (Å²) in [5.41, 5.74) is 3.19. The Labute approximate surface area is 152 Å². The van der Waals surface area contributed by atoms with Gasteiger partial charge >= 0.3 is 0 Å². The first-order valence-electron chi connectivity index (χ1n) is 8.73. The van der Waals surface area contributed by atoms with Crippen molar-refractivity contribution in [3.8, 4) is 0 Å². The van der Waals surface area contributed by atoms with Gasteiger partial charge in [0.05, 0.1) is 29.2 Å². The molecule has 1 saturated heterocycles. The van der Waals surface area contributed by atoms with Crippen molar-refractivity contribution >= 4 is 17.3 Å². The Morgan fingerprint density at radius 2 is 1.96 bits per heavy atom. The van der Waals surface area contributed by atoms with Crippen LogP contribution in [-0.4, -0.2) is 25.8 Å². The molecule has 2 aliphatic rings. The van der Waals surface area contributed by atoms with E-state index >= 15 is 0 Å². The van der Waals surface area contributed by atoms with Crippen molar-refractivity contribution in [2.45, 2.75) is 34.1 Å². The second-order valence-corrected chi connectivity index (χ2v) is 7.38. The minimum atomic E-state index is -0.484. The Hall–Kier alpha value is -2.89. The van der Waals surface area contributed by atoms with E-state index in [1.54, 1.807) is 23.5 Å². The molecule has 4 rings (SSSR count). The predicted molar refractivity (Wildman–Crippen MR) is 99.0 cm³/mol. The fourth-order valence-corrected chi connectivity index (χ4v) is 3.66. The molecule has 132 valence electrons. The average Bonchev–Trinajstić information content (AvgIpc) is 2.82. The molecule has 0 N–H and O–H groups in total. The quantitative estimate of drug-likeness (QED) is 0.834. The van der Waals surface area contributed by atoms with Crippen LogP contribution in [0.3, 0.4) is 0 Å². The molecule has 2 aromatic heterocycles. The molecule has 0 bridgehead atoms. The maximum Gasteiger partial charge on any atom is 0.238 e. The Morgan fingerprint density at radius 1 is 1.15 bits per heavy atom. The molecule has 0 radical (unpaired) electrons. The van der Waals surface area contributed by atoms with E-state index in [0.717, 1.165) is 34.9 Å². The number of rotatable bonds is 2. The maximum atomic E-state index is 13.1. The summed E-state index contributed by atoms with van der Waals surface area (Å²) in [6.45, 7) is 7.76. The Morgan fingerprint density at radius 3 is 2.65 bits per heavy atom. The zero-order valence-electron chi connectivity index (χ0n) is 15.4. The van der Waals surface area contributed by atoms with Crippen molar-refractivity contribution in [2.75, 3.05) is 4.90 Å². The van der Waals surface area contributed by atoms with Gasteiger partial charge in [-0.15, -0.1) is 0 Å². The van der Waals surface area contributed by atoms with E-state index in [4.69, 9.17) is 0 Å². The Balaban J connectivity index is 1.81. The highest BCUT2D eigenvalue weighted by molar-refractivity contribution is 6.04. The molecule has 26 heavy (non-hydrogen) atoms. The van der Waals surface area contributed by atoms with Gasteiger partial charge in [0, 0.05) is 17.8 Å². The lowest BCUT2D eigenvalue weighted by Gasteiger charge is -2.25. The van der Waals surface area contributed by atoms with Crippen LogP contribution >= 0.6 is 0 Å². The van der Waals surface area contributed by atoms with Crippen LogP contribution in [0, 0.1) is 25.2 Å². The summed E-state index contributed by atoms with van der Waals surface area (Å²) in [4.78, 5) is 32.3. The molecule has 0 spiro atoms. The number of anilines is 1. The summed E-state index contributed by atoms with van der Waals surface area (Å²) < 4.78 is 0. The highest BCUT2D eigenvalue weighted by atomic mass is 16.2. The van der Waals surface area contributed by atoms with Crippen LogP contribution in [0.1, 0.15) is 37.5 Å². The van der Waals surface area contributed by atoms with Gasteiger partial charge in [0.15, 0.2) is 5.82 Å². The molecule has 6 heteroatoms. The summed E-state index contributed by atoms with van der Waals surface area (Å²) in [5.74, 6) is 1.47. The Bertz CT molecular complexity index is 943. The number of amides is 1. The molecule has 0 saturated carbocycles. The van der Waals surface area contributed by atoms with Gasteiger partial charge < -0.3 is 0 Å². The molecule has 6 nitrogen and oxygen atoms in total. The fourth-order valence-electron chi connectivity index (χ4n) is 3.66. The van der Waals surface area contributed by atoms with Crippen molar-refractivity contribution in [3.05, 3.63) is 59.7 Å². The van der Waals surface area contributed by atoms with Gasteiger partial charge in [-0.05, 0) is 38.0 Å². The highest BCUT2D eigenvalue weighted by Gasteiger charge is 2.51. The molecule has 1 atom stereocenters. The number of hydrogen-bond donors (Lipinski definition) is 0. The van der Waals surface area contributed by atoms with Crippen molar-refractivity contribution in [1.82, 2.24) is 19.9 Å². The van der Waals surface area contributed by atoms with E-state index in [2.05, 4.69) is 32.1 Å². The molecule has 1 unspecified atom stereocenters. The van der Waals surface area contributed by atoms with Crippen LogP contribution in [0.25, 0.3) is 5.57 Å². The first-order chi connectivity index (χ1) is 12.4. The maximum absolute atomic E-state index is 13.1. The lowest BCUT2D eigenvalue weighted by Crippen LogP contribution is -2.31. The molecule has 1 aliphatic carbocycles. The zero-order chi connectivity index (χ0) is 18.5. The number of hydrogen-bond acceptors (Lipinski definition) is 5. The Kier molecular flexibility index (Phi) is 3.72. The summed E-state index contributed by atoms with van der Waals surface area (Å²) >= 11 is 0. The SMILES string of the molecule is Cc1cnc(N2C(=O)C(C)(C)C3CC=C(c4ccnc(C)n4)C=C32)cn1. The number of fused-ring (bicyclic) bond motifs is 1. The van der Waals surface area contributed by atoms with Crippen molar-refractivity contribution in [1.29, 1.82) is 0 Å². The monoisotopic (exact) mass is 347 g/mol. The number of allylic oxidation sites excluding steroid dienone is 4. The summed E-state index contributed by atoms with van der Waals surface area (Å²) in [7, 11) is 0. The van der Waals surface area contributed by atoms with Gasteiger partial charge in [-0.2, -0.15) is 0 Å². The first-order valence-corrected chi connectivity index (χ1v) is 8.73. The summed E-state index contributed by atoms with van der Waals surface area (Å²) in [6.07, 6.45) is 10.1. The average molecular weight is 347 g/mol.